The van der Waals surface area contributed by atoms with E-state index in [1.807, 2.05) is 30.3 Å². The van der Waals surface area contributed by atoms with Crippen LogP contribution in [0.4, 0.5) is 15.8 Å². The fourth-order valence-electron chi connectivity index (χ4n) is 3.28. The number of amides is 1. The number of aromatic nitrogens is 3. The van der Waals surface area contributed by atoms with Gasteiger partial charge in [0.15, 0.2) is 11.0 Å². The first kappa shape index (κ1) is 23.1. The minimum absolute atomic E-state index is 0.116. The molecule has 0 bridgehead atoms. The summed E-state index contributed by atoms with van der Waals surface area (Å²) in [6, 6.07) is 21.7. The molecule has 0 saturated heterocycles. The summed E-state index contributed by atoms with van der Waals surface area (Å²) in [7, 11) is 0. The van der Waals surface area contributed by atoms with Gasteiger partial charge in [-0.15, -0.1) is 10.2 Å². The quantitative estimate of drug-likeness (QED) is 0.214. The Kier molecular flexibility index (Phi) is 6.98. The third-order valence-electron chi connectivity index (χ3n) is 4.99. The van der Waals surface area contributed by atoms with Gasteiger partial charge in [0.2, 0.25) is 5.91 Å². The average Bonchev–Trinajstić information content (AvgIpc) is 3.21. The summed E-state index contributed by atoms with van der Waals surface area (Å²) in [6.07, 6.45) is 0. The van der Waals surface area contributed by atoms with E-state index in [0.29, 0.717) is 28.8 Å². The van der Waals surface area contributed by atoms with Crippen LogP contribution < -0.4 is 5.32 Å². The Bertz CT molecular complexity index is 1330. The first-order valence-corrected chi connectivity index (χ1v) is 11.2. The number of carbonyl (C=O) groups excluding carboxylic acids is 1. The van der Waals surface area contributed by atoms with Crippen LogP contribution in [0.3, 0.4) is 0 Å². The van der Waals surface area contributed by atoms with Gasteiger partial charge in [-0.1, -0.05) is 60.3 Å². The van der Waals surface area contributed by atoms with E-state index in [-0.39, 0.29) is 11.6 Å². The number of rotatable bonds is 8. The van der Waals surface area contributed by atoms with Crippen molar-refractivity contribution < 1.29 is 14.1 Å². The number of halogens is 1. The molecule has 0 aliphatic carbocycles. The molecular formula is C24H20FN5O3S. The molecule has 0 saturated carbocycles. The maximum atomic E-state index is 14.5. The number of thioether (sulfide) groups is 1. The van der Waals surface area contributed by atoms with Crippen molar-refractivity contribution in [2.75, 3.05) is 5.32 Å². The Balaban J connectivity index is 1.59. The summed E-state index contributed by atoms with van der Waals surface area (Å²) in [5.74, 6) is -0.417. The van der Waals surface area contributed by atoms with E-state index in [9.17, 15) is 19.3 Å². The fraction of sp³-hybridized carbons (Fsp3) is 0.125. The Hall–Kier alpha value is -4.05. The van der Waals surface area contributed by atoms with Crippen LogP contribution in [0, 0.1) is 15.9 Å². The molecule has 0 fully saturated rings. The second-order valence-electron chi connectivity index (χ2n) is 7.41. The summed E-state index contributed by atoms with van der Waals surface area (Å²) < 4.78 is 16.3. The molecule has 1 amide bonds. The summed E-state index contributed by atoms with van der Waals surface area (Å²) in [4.78, 5) is 23.2. The van der Waals surface area contributed by atoms with Gasteiger partial charge in [-0.25, -0.2) is 4.39 Å². The zero-order valence-electron chi connectivity index (χ0n) is 18.1. The number of nitro groups is 1. The van der Waals surface area contributed by atoms with Crippen LogP contribution in [0.25, 0.3) is 11.4 Å². The summed E-state index contributed by atoms with van der Waals surface area (Å²) in [5.41, 5.74) is 1.49. The highest BCUT2D eigenvalue weighted by Crippen LogP contribution is 2.29. The second-order valence-corrected chi connectivity index (χ2v) is 8.72. The minimum Gasteiger partial charge on any atom is -0.325 e. The summed E-state index contributed by atoms with van der Waals surface area (Å²) in [6.45, 7) is 2.08. The number of nitro benzene ring substituents is 1. The summed E-state index contributed by atoms with van der Waals surface area (Å²) in [5, 5.41) is 22.0. The maximum absolute atomic E-state index is 14.5. The van der Waals surface area contributed by atoms with Gasteiger partial charge < -0.3 is 5.32 Å². The first-order chi connectivity index (χ1) is 16.4. The number of nitrogens with zero attached hydrogens (tertiary/aromatic N) is 4. The first-order valence-electron chi connectivity index (χ1n) is 10.4. The van der Waals surface area contributed by atoms with Crippen LogP contribution in [0.5, 0.6) is 0 Å². The van der Waals surface area contributed by atoms with Gasteiger partial charge in [0.25, 0.3) is 5.69 Å². The highest BCUT2D eigenvalue weighted by molar-refractivity contribution is 8.00. The van der Waals surface area contributed by atoms with E-state index in [0.717, 1.165) is 5.56 Å². The van der Waals surface area contributed by atoms with Crippen molar-refractivity contribution in [3.8, 4) is 11.4 Å². The van der Waals surface area contributed by atoms with Crippen LogP contribution in [0.1, 0.15) is 12.5 Å². The lowest BCUT2D eigenvalue weighted by Crippen LogP contribution is -2.23. The monoisotopic (exact) mass is 477 g/mol. The molecule has 172 valence electrons. The molecule has 34 heavy (non-hydrogen) atoms. The lowest BCUT2D eigenvalue weighted by Gasteiger charge is -2.14. The van der Waals surface area contributed by atoms with Gasteiger partial charge in [-0.3, -0.25) is 19.5 Å². The van der Waals surface area contributed by atoms with Gasteiger partial charge in [0.05, 0.1) is 22.3 Å². The van der Waals surface area contributed by atoms with Crippen molar-refractivity contribution >= 4 is 29.0 Å². The lowest BCUT2D eigenvalue weighted by molar-refractivity contribution is -0.384. The predicted molar refractivity (Wildman–Crippen MR) is 128 cm³/mol. The Morgan fingerprint density at radius 2 is 1.82 bits per heavy atom. The molecule has 8 nitrogen and oxygen atoms in total. The second kappa shape index (κ2) is 10.3. The molecular weight excluding hydrogens is 457 g/mol. The van der Waals surface area contributed by atoms with E-state index in [2.05, 4.69) is 15.5 Å². The van der Waals surface area contributed by atoms with E-state index in [1.165, 1.54) is 36.0 Å². The number of carbonyl (C=O) groups is 1. The molecule has 1 heterocycles. The van der Waals surface area contributed by atoms with Crippen LogP contribution in [0.2, 0.25) is 0 Å². The minimum atomic E-state index is -0.605. The van der Waals surface area contributed by atoms with Crippen molar-refractivity contribution in [2.24, 2.45) is 0 Å². The third-order valence-corrected chi connectivity index (χ3v) is 6.07. The van der Waals surface area contributed by atoms with Crippen molar-refractivity contribution in [3.63, 3.8) is 0 Å². The standard InChI is InChI=1S/C24H20FN5O3S/c1-16(23(31)26-18-10-7-11-19(14-18)30(32)33)34-24-28-27-22(20-12-5-6-13-21(20)25)29(24)15-17-8-3-2-4-9-17/h2-14,16H,15H2,1H3,(H,26,31)/t16-/m0/s1. The Morgan fingerprint density at radius 1 is 1.09 bits per heavy atom. The molecule has 1 aromatic heterocycles. The van der Waals surface area contributed by atoms with Crippen molar-refractivity contribution in [3.05, 3.63) is 100 Å². The Labute approximate surface area is 199 Å². The zero-order valence-corrected chi connectivity index (χ0v) is 18.9. The average molecular weight is 478 g/mol. The molecule has 1 N–H and O–H groups in total. The number of nitrogens with one attached hydrogen (secondary N) is 1. The smallest absolute Gasteiger partial charge is 0.271 e. The molecule has 0 aliphatic rings. The van der Waals surface area contributed by atoms with Crippen molar-refractivity contribution in [1.82, 2.24) is 14.8 Å². The lowest BCUT2D eigenvalue weighted by atomic mass is 10.2. The van der Waals surface area contributed by atoms with Crippen LogP contribution in [-0.4, -0.2) is 30.8 Å². The molecule has 0 aliphatic heterocycles. The van der Waals surface area contributed by atoms with E-state index >= 15 is 0 Å². The topological polar surface area (TPSA) is 103 Å². The van der Waals surface area contributed by atoms with Crippen LogP contribution in [-0.2, 0) is 11.3 Å². The molecule has 10 heteroatoms. The Morgan fingerprint density at radius 3 is 2.56 bits per heavy atom. The van der Waals surface area contributed by atoms with E-state index < -0.39 is 16.0 Å². The van der Waals surface area contributed by atoms with E-state index in [1.54, 1.807) is 35.8 Å². The molecule has 4 aromatic rings. The van der Waals surface area contributed by atoms with Gasteiger partial charge in [0, 0.05) is 17.8 Å². The third kappa shape index (κ3) is 5.29. The van der Waals surface area contributed by atoms with Gasteiger partial charge in [0.1, 0.15) is 5.82 Å². The number of non-ortho nitro benzene ring substituents is 1. The van der Waals surface area contributed by atoms with Gasteiger partial charge in [-0.05, 0) is 30.7 Å². The molecule has 0 unspecified atom stereocenters. The molecule has 3 aromatic carbocycles. The van der Waals surface area contributed by atoms with Crippen molar-refractivity contribution in [2.45, 2.75) is 23.9 Å². The number of benzene rings is 3. The SMILES string of the molecule is C[C@H](Sc1nnc(-c2ccccc2F)n1Cc1ccccc1)C(=O)Nc1cccc([N+](=O)[O-])c1. The van der Waals surface area contributed by atoms with Gasteiger partial charge >= 0.3 is 0 Å². The fourth-order valence-corrected chi connectivity index (χ4v) is 4.13. The number of hydrogen-bond acceptors (Lipinski definition) is 6. The number of anilines is 1. The molecule has 0 spiro atoms. The predicted octanol–water partition coefficient (Wildman–Crippen LogP) is 5.16. The molecule has 0 radical (unpaired) electrons. The molecule has 4 rings (SSSR count). The van der Waals surface area contributed by atoms with E-state index in [4.69, 9.17) is 0 Å². The van der Waals surface area contributed by atoms with Crippen LogP contribution in [0.15, 0.2) is 84.0 Å². The zero-order chi connectivity index (χ0) is 24.1. The highest BCUT2D eigenvalue weighted by atomic mass is 32.2. The van der Waals surface area contributed by atoms with Crippen LogP contribution >= 0.6 is 11.8 Å². The highest BCUT2D eigenvalue weighted by Gasteiger charge is 2.22. The largest absolute Gasteiger partial charge is 0.325 e. The van der Waals surface area contributed by atoms with Gasteiger partial charge in [-0.2, -0.15) is 0 Å². The maximum Gasteiger partial charge on any atom is 0.271 e. The van der Waals surface area contributed by atoms with Crippen molar-refractivity contribution in [1.29, 1.82) is 0 Å². The summed E-state index contributed by atoms with van der Waals surface area (Å²) >= 11 is 1.17. The number of hydrogen-bond donors (Lipinski definition) is 1. The normalized spacial score (nSPS) is 11.7. The molecule has 1 atom stereocenters.